The predicted molar refractivity (Wildman–Crippen MR) is 166 cm³/mol. The maximum atomic E-state index is 8.95. The van der Waals surface area contributed by atoms with Gasteiger partial charge in [-0.25, -0.2) is 15.0 Å². The van der Waals surface area contributed by atoms with Gasteiger partial charge in [0, 0.05) is 27.5 Å². The smallest absolute Gasteiger partial charge is 0.164 e. The highest BCUT2D eigenvalue weighted by molar-refractivity contribution is 6.12. The van der Waals surface area contributed by atoms with Gasteiger partial charge in [0.25, 0.3) is 0 Å². The van der Waals surface area contributed by atoms with Gasteiger partial charge < -0.3 is 4.42 Å². The van der Waals surface area contributed by atoms with Crippen LogP contribution in [0.15, 0.2) is 144 Å². The number of hydrogen-bond donors (Lipinski definition) is 0. The molecule has 2 aromatic heterocycles. The number of benzene rings is 6. The van der Waals surface area contributed by atoms with Gasteiger partial charge in [-0.3, -0.25) is 0 Å². The van der Waals surface area contributed by atoms with Crippen LogP contribution in [0.2, 0.25) is 0 Å². The van der Waals surface area contributed by atoms with Gasteiger partial charge in [0.05, 0.1) is 16.4 Å². The van der Waals surface area contributed by atoms with E-state index in [1.807, 2.05) is 36.4 Å². The molecule has 4 nitrogen and oxygen atoms in total. The van der Waals surface area contributed by atoms with Crippen LogP contribution in [0.5, 0.6) is 0 Å². The molecule has 0 saturated heterocycles. The first-order valence-corrected chi connectivity index (χ1v) is 12.6. The van der Waals surface area contributed by atoms with E-state index in [0.717, 1.165) is 10.8 Å². The topological polar surface area (TPSA) is 51.8 Å². The van der Waals surface area contributed by atoms with Gasteiger partial charge in [0.2, 0.25) is 0 Å². The Balaban J connectivity index is 1.41. The molecule has 2 heterocycles. The molecule has 6 aromatic carbocycles. The highest BCUT2D eigenvalue weighted by Crippen LogP contribution is 2.37. The molecule has 4 heteroatoms. The molecule has 8 aromatic rings. The van der Waals surface area contributed by atoms with Gasteiger partial charge in [0.1, 0.15) is 11.2 Å². The Morgan fingerprint density at radius 3 is 2.02 bits per heavy atom. The SMILES string of the molecule is [2H]c1c([2H])c([2H])c(-c2nc(-c3cccc(-c4c([2H])c([2H])c([2H])c5oc6c([2H])c([2H])c([2H])c([2H])c6c45)c3)nc(-c3ccc4ccccc4c3)n2)c([2H])c1[2H]. The molecule has 0 aliphatic rings. The zero-order chi connectivity index (χ0) is 37.6. The lowest BCUT2D eigenvalue weighted by Crippen LogP contribution is -2.00. The molecular weight excluding hydrogens is 502 g/mol. The van der Waals surface area contributed by atoms with Crippen LogP contribution in [0, 0.1) is 0 Å². The fourth-order valence-electron chi connectivity index (χ4n) is 4.83. The van der Waals surface area contributed by atoms with E-state index < -0.39 is 66.5 Å². The lowest BCUT2D eigenvalue weighted by atomic mass is 9.98. The van der Waals surface area contributed by atoms with Crippen molar-refractivity contribution in [3.63, 3.8) is 0 Å². The van der Waals surface area contributed by atoms with E-state index >= 15 is 0 Å². The molecule has 41 heavy (non-hydrogen) atoms. The molecule has 0 bridgehead atoms. The quantitative estimate of drug-likeness (QED) is 0.224. The summed E-state index contributed by atoms with van der Waals surface area (Å²) < 4.78 is 107. The number of furan rings is 1. The molecule has 0 N–H and O–H groups in total. The molecule has 0 aliphatic heterocycles. The van der Waals surface area contributed by atoms with Crippen molar-refractivity contribution in [3.05, 3.63) is 139 Å². The van der Waals surface area contributed by atoms with Gasteiger partial charge in [-0.1, -0.05) is 115 Å². The number of fused-ring (bicyclic) bond motifs is 4. The first-order chi connectivity index (χ1) is 25.3. The van der Waals surface area contributed by atoms with E-state index in [9.17, 15) is 0 Å². The summed E-state index contributed by atoms with van der Waals surface area (Å²) in [5.41, 5.74) is 0.718. The van der Waals surface area contributed by atoms with Crippen LogP contribution in [0.25, 0.3) is 78.0 Å². The standard InChI is InChI=1S/C37H23N3O/c1-2-11-25(12-3-1)35-38-36(40-37(39-35)29-21-20-24-10-4-5-13-26(24)22-29)28-15-8-14-27(23-28)30-17-9-19-33-34(30)31-16-6-7-18-32(31)41-33/h1-23H/i1D,2D,3D,6D,7D,9D,11D,12D,16D,17D,18D,19D. The Bertz CT molecular complexity index is 2860. The molecule has 0 unspecified atom stereocenters. The minimum absolute atomic E-state index is 0.0318. The van der Waals surface area contributed by atoms with Crippen molar-refractivity contribution >= 4 is 32.7 Å². The fourth-order valence-corrected chi connectivity index (χ4v) is 4.83. The molecule has 8 rings (SSSR count). The largest absolute Gasteiger partial charge is 0.456 e. The molecule has 0 fully saturated rings. The van der Waals surface area contributed by atoms with Gasteiger partial charge in [-0.15, -0.1) is 0 Å². The number of para-hydroxylation sites is 1. The van der Waals surface area contributed by atoms with E-state index in [4.69, 9.17) is 25.9 Å². The van der Waals surface area contributed by atoms with Crippen molar-refractivity contribution in [1.82, 2.24) is 15.0 Å². The van der Waals surface area contributed by atoms with Crippen LogP contribution >= 0.6 is 0 Å². The zero-order valence-electron chi connectivity index (χ0n) is 33.1. The minimum Gasteiger partial charge on any atom is -0.456 e. The molecule has 0 spiro atoms. The van der Waals surface area contributed by atoms with Crippen LogP contribution in [-0.4, -0.2) is 15.0 Å². The van der Waals surface area contributed by atoms with E-state index in [1.165, 1.54) is 0 Å². The van der Waals surface area contributed by atoms with Crippen molar-refractivity contribution in [3.8, 4) is 45.3 Å². The lowest BCUT2D eigenvalue weighted by Gasteiger charge is -2.10. The second-order valence-electron chi connectivity index (χ2n) is 9.21. The Kier molecular flexibility index (Phi) is 3.29. The van der Waals surface area contributed by atoms with E-state index in [2.05, 4.69) is 9.97 Å². The first kappa shape index (κ1) is 14.1. The van der Waals surface area contributed by atoms with Gasteiger partial charge in [0.15, 0.2) is 17.5 Å². The van der Waals surface area contributed by atoms with Crippen molar-refractivity contribution in [2.24, 2.45) is 0 Å². The van der Waals surface area contributed by atoms with Gasteiger partial charge in [-0.2, -0.15) is 0 Å². The van der Waals surface area contributed by atoms with Crippen molar-refractivity contribution in [2.45, 2.75) is 0 Å². The van der Waals surface area contributed by atoms with Gasteiger partial charge >= 0.3 is 0 Å². The van der Waals surface area contributed by atoms with E-state index in [0.29, 0.717) is 16.7 Å². The van der Waals surface area contributed by atoms with E-state index in [-0.39, 0.29) is 56.6 Å². The summed E-state index contributed by atoms with van der Waals surface area (Å²) in [6.45, 7) is 0. The second-order valence-corrected chi connectivity index (χ2v) is 9.21. The summed E-state index contributed by atoms with van der Waals surface area (Å²) in [5, 5.41) is 1.89. The highest BCUT2D eigenvalue weighted by Gasteiger charge is 2.15. The third kappa shape index (κ3) is 4.14. The molecule has 0 amide bonds. The maximum Gasteiger partial charge on any atom is 0.164 e. The second kappa shape index (κ2) is 9.54. The number of aromatic nitrogens is 3. The number of nitrogens with zero attached hydrogens (tertiary/aromatic N) is 3. The van der Waals surface area contributed by atoms with Crippen LogP contribution in [-0.2, 0) is 0 Å². The summed E-state index contributed by atoms with van der Waals surface area (Å²) in [6.07, 6.45) is 0. The number of rotatable bonds is 4. The fraction of sp³-hybridized carbons (Fsp3) is 0. The lowest BCUT2D eigenvalue weighted by molar-refractivity contribution is 0.669. The van der Waals surface area contributed by atoms with Crippen LogP contribution in [0.1, 0.15) is 16.4 Å². The third-order valence-electron chi connectivity index (χ3n) is 6.72. The van der Waals surface area contributed by atoms with Crippen LogP contribution < -0.4 is 0 Å². The van der Waals surface area contributed by atoms with Crippen molar-refractivity contribution in [1.29, 1.82) is 0 Å². The van der Waals surface area contributed by atoms with Crippen molar-refractivity contribution < 1.29 is 20.9 Å². The summed E-state index contributed by atoms with van der Waals surface area (Å²) in [4.78, 5) is 14.0. The van der Waals surface area contributed by atoms with Crippen LogP contribution in [0.3, 0.4) is 0 Å². The monoisotopic (exact) mass is 537 g/mol. The minimum atomic E-state index is -0.568. The zero-order valence-corrected chi connectivity index (χ0v) is 21.1. The van der Waals surface area contributed by atoms with E-state index in [1.54, 1.807) is 30.3 Å². The molecular formula is C37H23N3O. The summed E-state index contributed by atoms with van der Waals surface area (Å²) >= 11 is 0. The average molecular weight is 538 g/mol. The Morgan fingerprint density at radius 1 is 0.488 bits per heavy atom. The van der Waals surface area contributed by atoms with Crippen molar-refractivity contribution in [2.75, 3.05) is 0 Å². The molecule has 0 atom stereocenters. The Morgan fingerprint density at radius 2 is 1.17 bits per heavy atom. The normalized spacial score (nSPS) is 15.5. The Labute approximate surface area is 253 Å². The summed E-state index contributed by atoms with van der Waals surface area (Å²) in [6, 6.07) is 13.8. The highest BCUT2D eigenvalue weighted by atomic mass is 16.3. The van der Waals surface area contributed by atoms with Crippen LogP contribution in [0.4, 0.5) is 0 Å². The molecule has 0 radical (unpaired) electrons. The average Bonchev–Trinajstić information content (AvgIpc) is 3.57. The maximum absolute atomic E-state index is 8.95. The van der Waals surface area contributed by atoms with Gasteiger partial charge in [-0.05, 0) is 46.1 Å². The molecule has 0 saturated carbocycles. The Hall–Kier alpha value is -5.61. The molecule has 0 aliphatic carbocycles. The molecule has 192 valence electrons. The summed E-state index contributed by atoms with van der Waals surface area (Å²) in [5.74, 6) is 0.0325. The predicted octanol–water partition coefficient (Wildman–Crippen LogP) is 9.59. The first-order valence-electron chi connectivity index (χ1n) is 18.6. The number of hydrogen-bond acceptors (Lipinski definition) is 4. The summed E-state index contributed by atoms with van der Waals surface area (Å²) in [7, 11) is 0. The third-order valence-corrected chi connectivity index (χ3v) is 6.72.